The van der Waals surface area contributed by atoms with E-state index in [0.29, 0.717) is 12.1 Å². The Hall–Kier alpha value is -2.73. The second kappa shape index (κ2) is 7.23. The quantitative estimate of drug-likeness (QED) is 0.670. The molecule has 2 aromatic heterocycles. The molecule has 1 amide bonds. The fourth-order valence-electron chi connectivity index (χ4n) is 2.24. The number of likely N-dealkylation sites (N-methyl/N-ethyl adjacent to an activating group) is 1. The van der Waals surface area contributed by atoms with Crippen molar-refractivity contribution in [2.75, 3.05) is 13.7 Å². The van der Waals surface area contributed by atoms with Gasteiger partial charge >= 0.3 is 5.97 Å². The molecule has 0 spiro atoms. The van der Waals surface area contributed by atoms with Crippen LogP contribution in [0.1, 0.15) is 16.1 Å². The summed E-state index contributed by atoms with van der Waals surface area (Å²) in [6.45, 7) is 0.197. The summed E-state index contributed by atoms with van der Waals surface area (Å²) in [7, 11) is 1.68. The van der Waals surface area contributed by atoms with Crippen molar-refractivity contribution in [2.24, 2.45) is 0 Å². The summed E-state index contributed by atoms with van der Waals surface area (Å²) in [6.07, 6.45) is 0. The second-order valence-electron chi connectivity index (χ2n) is 5.35. The summed E-state index contributed by atoms with van der Waals surface area (Å²) in [5, 5.41) is 4.88. The molecular formula is C18H16N2O3S. The zero-order valence-electron chi connectivity index (χ0n) is 13.1. The van der Waals surface area contributed by atoms with E-state index in [-0.39, 0.29) is 18.2 Å². The van der Waals surface area contributed by atoms with E-state index >= 15 is 0 Å². The van der Waals surface area contributed by atoms with Gasteiger partial charge in [-0.3, -0.25) is 4.79 Å². The number of pyridine rings is 1. The van der Waals surface area contributed by atoms with Gasteiger partial charge in [0.15, 0.2) is 6.61 Å². The number of para-hydroxylation sites is 1. The topological polar surface area (TPSA) is 59.5 Å². The number of esters is 1. The molecule has 0 unspecified atom stereocenters. The third-order valence-electron chi connectivity index (χ3n) is 3.56. The molecule has 6 heteroatoms. The Morgan fingerprint density at radius 3 is 2.79 bits per heavy atom. The van der Waals surface area contributed by atoms with Crippen LogP contribution in [0.2, 0.25) is 0 Å². The van der Waals surface area contributed by atoms with Gasteiger partial charge in [-0.15, -0.1) is 0 Å². The number of benzene rings is 1. The number of hydrogen-bond donors (Lipinski definition) is 0. The Kier molecular flexibility index (Phi) is 4.86. The third kappa shape index (κ3) is 3.78. The lowest BCUT2D eigenvalue weighted by molar-refractivity contribution is -0.133. The van der Waals surface area contributed by atoms with E-state index in [4.69, 9.17) is 4.74 Å². The van der Waals surface area contributed by atoms with Crippen LogP contribution in [0.3, 0.4) is 0 Å². The van der Waals surface area contributed by atoms with Crippen LogP contribution in [0.15, 0.2) is 53.2 Å². The molecule has 0 radical (unpaired) electrons. The third-order valence-corrected chi connectivity index (χ3v) is 4.29. The minimum atomic E-state index is -0.599. The maximum absolute atomic E-state index is 12.1. The van der Waals surface area contributed by atoms with Gasteiger partial charge in [0.1, 0.15) is 5.69 Å². The Balaban J connectivity index is 1.58. The van der Waals surface area contributed by atoms with Crippen molar-refractivity contribution in [3.8, 4) is 0 Å². The molecule has 0 atom stereocenters. The molecule has 24 heavy (non-hydrogen) atoms. The normalized spacial score (nSPS) is 10.5. The maximum Gasteiger partial charge on any atom is 0.357 e. The lowest BCUT2D eigenvalue weighted by Crippen LogP contribution is -2.30. The zero-order chi connectivity index (χ0) is 16.9. The van der Waals surface area contributed by atoms with Crippen LogP contribution < -0.4 is 0 Å². The van der Waals surface area contributed by atoms with Gasteiger partial charge in [-0.25, -0.2) is 9.78 Å². The fraction of sp³-hybridized carbons (Fsp3) is 0.167. The smallest absolute Gasteiger partial charge is 0.357 e. The largest absolute Gasteiger partial charge is 0.451 e. The predicted octanol–water partition coefficient (Wildman–Crippen LogP) is 3.11. The highest BCUT2D eigenvalue weighted by atomic mass is 32.1. The van der Waals surface area contributed by atoms with E-state index in [2.05, 4.69) is 4.98 Å². The van der Waals surface area contributed by atoms with Crippen molar-refractivity contribution < 1.29 is 14.3 Å². The predicted molar refractivity (Wildman–Crippen MR) is 92.8 cm³/mol. The molecule has 0 N–H and O–H groups in total. The first-order chi connectivity index (χ1) is 11.6. The Morgan fingerprint density at radius 2 is 2.00 bits per heavy atom. The van der Waals surface area contributed by atoms with E-state index in [1.54, 1.807) is 24.5 Å². The Bertz CT molecular complexity index is 862. The first-order valence-electron chi connectivity index (χ1n) is 7.41. The van der Waals surface area contributed by atoms with Crippen molar-refractivity contribution in [3.05, 3.63) is 64.5 Å². The van der Waals surface area contributed by atoms with Crippen LogP contribution in [-0.4, -0.2) is 35.4 Å². The van der Waals surface area contributed by atoms with Gasteiger partial charge in [0.05, 0.1) is 5.52 Å². The molecule has 0 saturated carbocycles. The number of hydrogen-bond acceptors (Lipinski definition) is 5. The van der Waals surface area contributed by atoms with Gasteiger partial charge < -0.3 is 9.64 Å². The van der Waals surface area contributed by atoms with Gasteiger partial charge in [0.2, 0.25) is 0 Å². The van der Waals surface area contributed by atoms with Crippen molar-refractivity contribution in [2.45, 2.75) is 6.54 Å². The molecule has 0 aliphatic rings. The first kappa shape index (κ1) is 16.1. The highest BCUT2D eigenvalue weighted by molar-refractivity contribution is 7.07. The number of aromatic nitrogens is 1. The molecule has 0 saturated heterocycles. The van der Waals surface area contributed by atoms with Crippen molar-refractivity contribution in [1.29, 1.82) is 0 Å². The standard InChI is InChI=1S/C18H16N2O3S/c1-20(10-13-8-9-24-12-13)17(21)11-23-18(22)16-7-6-14-4-2-3-5-15(14)19-16/h2-9,12H,10-11H2,1H3. The minimum Gasteiger partial charge on any atom is -0.451 e. The molecule has 5 nitrogen and oxygen atoms in total. The fourth-order valence-corrected chi connectivity index (χ4v) is 2.90. The second-order valence-corrected chi connectivity index (χ2v) is 6.13. The SMILES string of the molecule is CN(Cc1ccsc1)C(=O)COC(=O)c1ccc2ccccc2n1. The van der Waals surface area contributed by atoms with E-state index < -0.39 is 5.97 Å². The average molecular weight is 340 g/mol. The monoisotopic (exact) mass is 340 g/mol. The summed E-state index contributed by atoms with van der Waals surface area (Å²) in [6, 6.07) is 12.9. The zero-order valence-corrected chi connectivity index (χ0v) is 14.0. The lowest BCUT2D eigenvalue weighted by atomic mass is 10.2. The highest BCUT2D eigenvalue weighted by Gasteiger charge is 2.15. The van der Waals surface area contributed by atoms with Crippen LogP contribution in [-0.2, 0) is 16.1 Å². The first-order valence-corrected chi connectivity index (χ1v) is 8.36. The molecule has 3 aromatic rings. The average Bonchev–Trinajstić information content (AvgIpc) is 3.11. The Morgan fingerprint density at radius 1 is 1.17 bits per heavy atom. The molecule has 0 bridgehead atoms. The van der Waals surface area contributed by atoms with Crippen molar-refractivity contribution in [3.63, 3.8) is 0 Å². The van der Waals surface area contributed by atoms with E-state index in [1.165, 1.54) is 4.90 Å². The summed E-state index contributed by atoms with van der Waals surface area (Å²) >= 11 is 1.58. The van der Waals surface area contributed by atoms with E-state index in [0.717, 1.165) is 10.9 Å². The van der Waals surface area contributed by atoms with E-state index in [1.807, 2.05) is 47.2 Å². The minimum absolute atomic E-state index is 0.196. The van der Waals surface area contributed by atoms with Crippen LogP contribution in [0, 0.1) is 0 Å². The van der Waals surface area contributed by atoms with Crippen LogP contribution >= 0.6 is 11.3 Å². The molecular weight excluding hydrogens is 324 g/mol. The number of thiophene rings is 1. The molecule has 0 fully saturated rings. The number of nitrogens with zero attached hydrogens (tertiary/aromatic N) is 2. The highest BCUT2D eigenvalue weighted by Crippen LogP contribution is 2.12. The number of rotatable bonds is 5. The molecule has 2 heterocycles. The molecule has 1 aromatic carbocycles. The summed E-state index contributed by atoms with van der Waals surface area (Å²) in [5.41, 5.74) is 1.97. The Labute approximate surface area is 143 Å². The van der Waals surface area contributed by atoms with Crippen LogP contribution in [0.5, 0.6) is 0 Å². The molecule has 0 aliphatic carbocycles. The van der Waals surface area contributed by atoms with Gasteiger partial charge in [-0.05, 0) is 34.5 Å². The molecule has 0 aliphatic heterocycles. The number of amides is 1. The van der Waals surface area contributed by atoms with E-state index in [9.17, 15) is 9.59 Å². The summed E-state index contributed by atoms with van der Waals surface area (Å²) in [5.74, 6) is -0.853. The summed E-state index contributed by atoms with van der Waals surface area (Å²) < 4.78 is 5.09. The van der Waals surface area contributed by atoms with Crippen LogP contribution in [0.4, 0.5) is 0 Å². The number of fused-ring (bicyclic) bond motifs is 1. The van der Waals surface area contributed by atoms with Gasteiger partial charge in [-0.1, -0.05) is 24.3 Å². The van der Waals surface area contributed by atoms with Gasteiger partial charge in [0, 0.05) is 19.0 Å². The van der Waals surface area contributed by atoms with Crippen molar-refractivity contribution in [1.82, 2.24) is 9.88 Å². The molecule has 122 valence electrons. The number of ether oxygens (including phenoxy) is 1. The molecule has 3 rings (SSSR count). The van der Waals surface area contributed by atoms with Gasteiger partial charge in [0.25, 0.3) is 5.91 Å². The number of carbonyl (C=O) groups excluding carboxylic acids is 2. The van der Waals surface area contributed by atoms with Gasteiger partial charge in [-0.2, -0.15) is 11.3 Å². The number of carbonyl (C=O) groups is 2. The maximum atomic E-state index is 12.1. The van der Waals surface area contributed by atoms with Crippen molar-refractivity contribution >= 4 is 34.1 Å². The summed E-state index contributed by atoms with van der Waals surface area (Å²) in [4.78, 5) is 29.9. The lowest BCUT2D eigenvalue weighted by Gasteiger charge is -2.16. The van der Waals surface area contributed by atoms with Crippen LogP contribution in [0.25, 0.3) is 10.9 Å².